The monoisotopic (exact) mass is 297 g/mol. The van der Waals surface area contributed by atoms with Crippen LogP contribution >= 0.6 is 11.6 Å². The Hall–Kier alpha value is -1.40. The average molecular weight is 298 g/mol. The number of nitrogens with zero attached hydrogens (tertiary/aromatic N) is 4. The molecule has 0 radical (unpaired) electrons. The van der Waals surface area contributed by atoms with Gasteiger partial charge in [0.1, 0.15) is 17.3 Å². The topological polar surface area (TPSA) is 64.3 Å². The van der Waals surface area contributed by atoms with Gasteiger partial charge in [-0.15, -0.1) is 0 Å². The van der Waals surface area contributed by atoms with Crippen LogP contribution < -0.4 is 5.32 Å². The van der Waals surface area contributed by atoms with Crippen molar-refractivity contribution in [3.05, 3.63) is 17.0 Å². The van der Waals surface area contributed by atoms with Gasteiger partial charge in [0.05, 0.1) is 0 Å². The molecule has 1 N–H and O–H groups in total. The van der Waals surface area contributed by atoms with E-state index in [1.54, 1.807) is 4.52 Å². The van der Waals surface area contributed by atoms with E-state index < -0.39 is 0 Å². The Kier molecular flexibility index (Phi) is 5.14. The first kappa shape index (κ1) is 15.0. The summed E-state index contributed by atoms with van der Waals surface area (Å²) in [5.41, 5.74) is 0.868. The Morgan fingerprint density at radius 2 is 2.25 bits per heavy atom. The summed E-state index contributed by atoms with van der Waals surface area (Å²) in [6.07, 6.45) is 2.39. The maximum atomic E-state index is 6.09. The van der Waals surface area contributed by atoms with Crippen LogP contribution in [0.5, 0.6) is 0 Å². The summed E-state index contributed by atoms with van der Waals surface area (Å²) in [5, 5.41) is 7.92. The van der Waals surface area contributed by atoms with Gasteiger partial charge in [-0.2, -0.15) is 19.6 Å². The fourth-order valence-corrected chi connectivity index (χ4v) is 1.97. The third kappa shape index (κ3) is 3.58. The first-order valence-corrected chi connectivity index (χ1v) is 7.15. The molecular formula is C13H20ClN5O. The number of fused-ring (bicyclic) bond motifs is 1. The Balaban J connectivity index is 1.92. The first-order chi connectivity index (χ1) is 9.59. The Morgan fingerprint density at radius 1 is 1.45 bits per heavy atom. The van der Waals surface area contributed by atoms with Crippen LogP contribution in [-0.4, -0.2) is 39.3 Å². The number of halogens is 1. The van der Waals surface area contributed by atoms with Gasteiger partial charge in [-0.3, -0.25) is 0 Å². The molecule has 2 aromatic rings. The molecular weight excluding hydrogens is 278 g/mol. The van der Waals surface area contributed by atoms with E-state index >= 15 is 0 Å². The summed E-state index contributed by atoms with van der Waals surface area (Å²) < 4.78 is 7.21. The van der Waals surface area contributed by atoms with Crippen molar-refractivity contribution in [3.8, 4) is 0 Å². The predicted molar refractivity (Wildman–Crippen MR) is 79.3 cm³/mol. The summed E-state index contributed by atoms with van der Waals surface area (Å²) in [7, 11) is 0. The maximum absolute atomic E-state index is 6.09. The lowest BCUT2D eigenvalue weighted by Gasteiger charge is -2.12. The molecule has 0 aliphatic heterocycles. The van der Waals surface area contributed by atoms with Crippen LogP contribution in [0, 0.1) is 12.8 Å². The highest BCUT2D eigenvalue weighted by Crippen LogP contribution is 2.21. The van der Waals surface area contributed by atoms with Crippen molar-refractivity contribution in [2.45, 2.75) is 27.2 Å². The third-order valence-electron chi connectivity index (χ3n) is 2.81. The number of aromatic nitrogens is 4. The van der Waals surface area contributed by atoms with Gasteiger partial charge in [0, 0.05) is 25.3 Å². The van der Waals surface area contributed by atoms with E-state index in [0.717, 1.165) is 37.6 Å². The molecule has 2 rings (SSSR count). The van der Waals surface area contributed by atoms with Gasteiger partial charge in [0.25, 0.3) is 5.78 Å². The van der Waals surface area contributed by atoms with Crippen molar-refractivity contribution in [2.24, 2.45) is 5.92 Å². The molecule has 0 aliphatic rings. The number of rotatable bonds is 7. The molecule has 0 aromatic carbocycles. The molecule has 0 amide bonds. The minimum Gasteiger partial charge on any atom is -0.381 e. The highest BCUT2D eigenvalue weighted by molar-refractivity contribution is 6.30. The second kappa shape index (κ2) is 6.85. The Morgan fingerprint density at radius 3 is 3.00 bits per heavy atom. The zero-order valence-corrected chi connectivity index (χ0v) is 12.8. The summed E-state index contributed by atoms with van der Waals surface area (Å²) in [4.78, 5) is 8.21. The molecule has 0 spiro atoms. The van der Waals surface area contributed by atoms with Crippen LogP contribution in [0.25, 0.3) is 5.78 Å². The molecule has 0 aliphatic carbocycles. The number of hydrogen-bond donors (Lipinski definition) is 1. The molecule has 0 atom stereocenters. The molecule has 20 heavy (non-hydrogen) atoms. The quantitative estimate of drug-likeness (QED) is 0.628. The van der Waals surface area contributed by atoms with E-state index in [-0.39, 0.29) is 0 Å². The number of ether oxygens (including phenoxy) is 1. The summed E-state index contributed by atoms with van der Waals surface area (Å²) >= 11 is 6.09. The van der Waals surface area contributed by atoms with E-state index in [1.807, 2.05) is 6.92 Å². The molecule has 6 nitrogen and oxygen atoms in total. The SMILES string of the molecule is Cc1c(Cl)nc2ncnn2c1NCCCOCC(C)C. The van der Waals surface area contributed by atoms with E-state index in [9.17, 15) is 0 Å². The van der Waals surface area contributed by atoms with Crippen LogP contribution in [-0.2, 0) is 4.74 Å². The fourth-order valence-electron chi connectivity index (χ4n) is 1.81. The summed E-state index contributed by atoms with van der Waals surface area (Å²) in [6, 6.07) is 0. The molecule has 0 fully saturated rings. The van der Waals surface area contributed by atoms with Crippen molar-refractivity contribution in [1.82, 2.24) is 19.6 Å². The Labute approximate surface area is 123 Å². The first-order valence-electron chi connectivity index (χ1n) is 6.77. The highest BCUT2D eigenvalue weighted by atomic mass is 35.5. The van der Waals surface area contributed by atoms with Crippen molar-refractivity contribution >= 4 is 23.2 Å². The van der Waals surface area contributed by atoms with Crippen LogP contribution in [0.1, 0.15) is 25.8 Å². The lowest BCUT2D eigenvalue weighted by Crippen LogP contribution is -2.12. The molecule has 2 aromatic heterocycles. The van der Waals surface area contributed by atoms with Gasteiger partial charge in [0.15, 0.2) is 0 Å². The zero-order valence-electron chi connectivity index (χ0n) is 12.1. The maximum Gasteiger partial charge on any atom is 0.255 e. The molecule has 0 unspecified atom stereocenters. The van der Waals surface area contributed by atoms with Crippen molar-refractivity contribution in [3.63, 3.8) is 0 Å². The van der Waals surface area contributed by atoms with Gasteiger partial charge >= 0.3 is 0 Å². The van der Waals surface area contributed by atoms with Gasteiger partial charge < -0.3 is 10.1 Å². The lowest BCUT2D eigenvalue weighted by atomic mass is 10.2. The normalized spacial score (nSPS) is 11.4. The number of hydrogen-bond acceptors (Lipinski definition) is 5. The molecule has 2 heterocycles. The molecule has 0 saturated heterocycles. The fraction of sp³-hybridized carbons (Fsp3) is 0.615. The second-order valence-electron chi connectivity index (χ2n) is 5.10. The van der Waals surface area contributed by atoms with E-state index in [4.69, 9.17) is 16.3 Å². The molecule has 110 valence electrons. The lowest BCUT2D eigenvalue weighted by molar-refractivity contribution is 0.110. The van der Waals surface area contributed by atoms with Gasteiger partial charge in [-0.25, -0.2) is 0 Å². The smallest absolute Gasteiger partial charge is 0.255 e. The van der Waals surface area contributed by atoms with Crippen LogP contribution in [0.15, 0.2) is 6.33 Å². The van der Waals surface area contributed by atoms with Crippen LogP contribution in [0.4, 0.5) is 5.82 Å². The van der Waals surface area contributed by atoms with Gasteiger partial charge in [0.2, 0.25) is 0 Å². The Bertz CT molecular complexity index is 569. The standard InChI is InChI=1S/C13H20ClN5O/c1-9(2)7-20-6-4-5-15-12-10(3)11(14)18-13-16-8-17-19(12)13/h8-9,15H,4-7H2,1-3H3. The average Bonchev–Trinajstić information content (AvgIpc) is 2.84. The van der Waals surface area contributed by atoms with E-state index in [2.05, 4.69) is 34.2 Å². The minimum atomic E-state index is 0.448. The summed E-state index contributed by atoms with van der Waals surface area (Å²) in [6.45, 7) is 8.52. The second-order valence-corrected chi connectivity index (χ2v) is 5.46. The highest BCUT2D eigenvalue weighted by Gasteiger charge is 2.11. The number of anilines is 1. The van der Waals surface area contributed by atoms with Gasteiger partial charge in [-0.05, 0) is 19.3 Å². The van der Waals surface area contributed by atoms with Crippen LogP contribution in [0.3, 0.4) is 0 Å². The van der Waals surface area contributed by atoms with E-state index in [1.165, 1.54) is 6.33 Å². The van der Waals surface area contributed by atoms with Crippen molar-refractivity contribution < 1.29 is 4.74 Å². The largest absolute Gasteiger partial charge is 0.381 e. The molecule has 0 bridgehead atoms. The molecule has 7 heteroatoms. The summed E-state index contributed by atoms with van der Waals surface area (Å²) in [5.74, 6) is 1.90. The minimum absolute atomic E-state index is 0.448. The van der Waals surface area contributed by atoms with Crippen molar-refractivity contribution in [2.75, 3.05) is 25.1 Å². The number of nitrogens with one attached hydrogen (secondary N) is 1. The van der Waals surface area contributed by atoms with Crippen LogP contribution in [0.2, 0.25) is 5.15 Å². The molecule has 0 saturated carbocycles. The van der Waals surface area contributed by atoms with Crippen molar-refractivity contribution in [1.29, 1.82) is 0 Å². The van der Waals surface area contributed by atoms with E-state index in [0.29, 0.717) is 16.8 Å². The zero-order chi connectivity index (χ0) is 14.5. The van der Waals surface area contributed by atoms with Gasteiger partial charge in [-0.1, -0.05) is 25.4 Å². The predicted octanol–water partition coefficient (Wildman–Crippen LogP) is 2.56. The third-order valence-corrected chi connectivity index (χ3v) is 3.18.